The number of oxazole rings is 1. The molecular weight excluding hydrogens is 385 g/mol. The van der Waals surface area contributed by atoms with E-state index < -0.39 is 0 Å². The minimum absolute atomic E-state index is 0.0147. The van der Waals surface area contributed by atoms with Crippen LogP contribution in [-0.4, -0.2) is 53.3 Å². The number of benzene rings is 1. The van der Waals surface area contributed by atoms with E-state index in [-0.39, 0.29) is 23.5 Å². The molecule has 0 bridgehead atoms. The maximum absolute atomic E-state index is 13.0. The van der Waals surface area contributed by atoms with Gasteiger partial charge in [0.1, 0.15) is 5.82 Å². The maximum atomic E-state index is 13.0. The van der Waals surface area contributed by atoms with E-state index in [1.54, 1.807) is 18.3 Å². The van der Waals surface area contributed by atoms with E-state index in [0.717, 1.165) is 37.8 Å². The van der Waals surface area contributed by atoms with Gasteiger partial charge >= 0.3 is 0 Å². The van der Waals surface area contributed by atoms with Crippen LogP contribution in [0.5, 0.6) is 0 Å². The van der Waals surface area contributed by atoms with Crippen molar-refractivity contribution in [2.45, 2.75) is 45.4 Å². The molecule has 162 valence electrons. The van der Waals surface area contributed by atoms with Crippen LogP contribution in [0.4, 0.5) is 4.39 Å². The molecule has 2 amide bonds. The van der Waals surface area contributed by atoms with Crippen LogP contribution in [-0.2, 0) is 16.0 Å². The molecule has 1 fully saturated rings. The summed E-state index contributed by atoms with van der Waals surface area (Å²) < 4.78 is 18.7. The predicted molar refractivity (Wildman–Crippen MR) is 112 cm³/mol. The van der Waals surface area contributed by atoms with Crippen molar-refractivity contribution in [2.75, 3.05) is 26.7 Å². The van der Waals surface area contributed by atoms with Crippen LogP contribution in [0.1, 0.15) is 44.9 Å². The number of aryl methyl sites for hydroxylation is 1. The summed E-state index contributed by atoms with van der Waals surface area (Å²) in [4.78, 5) is 33.0. The standard InChI is InChI=1S/C23H30FN3O3/c1-3-4-13-26(2)23(29)18-11-14-27(15-12-18)22(28)10-9-21-25-16-20(30-21)17-5-7-19(24)8-6-17/h5-8,16,18H,3-4,9-15H2,1-2H3. The SMILES string of the molecule is CCCCN(C)C(=O)C1CCN(C(=O)CCc2ncc(-c3ccc(F)cc3)o2)CC1. The molecule has 0 unspecified atom stereocenters. The molecule has 6 nitrogen and oxygen atoms in total. The van der Waals surface area contributed by atoms with Gasteiger partial charge in [0.05, 0.1) is 6.20 Å². The van der Waals surface area contributed by atoms with Gasteiger partial charge in [0.2, 0.25) is 11.8 Å². The number of unbranched alkanes of at least 4 members (excludes halogenated alkanes) is 1. The van der Waals surface area contributed by atoms with E-state index in [1.165, 1.54) is 12.1 Å². The Morgan fingerprint density at radius 2 is 1.93 bits per heavy atom. The van der Waals surface area contributed by atoms with E-state index in [0.29, 0.717) is 37.6 Å². The lowest BCUT2D eigenvalue weighted by atomic mass is 9.95. The van der Waals surface area contributed by atoms with Crippen molar-refractivity contribution in [3.8, 4) is 11.3 Å². The Hall–Kier alpha value is -2.70. The third-order valence-corrected chi connectivity index (χ3v) is 5.66. The zero-order valence-electron chi connectivity index (χ0n) is 17.8. The Labute approximate surface area is 177 Å². The van der Waals surface area contributed by atoms with Gasteiger partial charge in [-0.15, -0.1) is 0 Å². The number of nitrogens with zero attached hydrogens (tertiary/aromatic N) is 3. The van der Waals surface area contributed by atoms with Gasteiger partial charge in [-0.3, -0.25) is 9.59 Å². The molecule has 0 saturated carbocycles. The molecule has 1 saturated heterocycles. The highest BCUT2D eigenvalue weighted by atomic mass is 19.1. The molecule has 0 aliphatic carbocycles. The lowest BCUT2D eigenvalue weighted by molar-refractivity contribution is -0.139. The number of halogens is 1. The Balaban J connectivity index is 1.44. The molecule has 0 spiro atoms. The minimum Gasteiger partial charge on any atom is -0.441 e. The molecule has 0 atom stereocenters. The Morgan fingerprint density at radius 3 is 2.60 bits per heavy atom. The fourth-order valence-corrected chi connectivity index (χ4v) is 3.74. The highest BCUT2D eigenvalue weighted by molar-refractivity contribution is 5.80. The summed E-state index contributed by atoms with van der Waals surface area (Å²) in [6.07, 6.45) is 5.85. The molecule has 1 aromatic carbocycles. The number of amides is 2. The zero-order chi connectivity index (χ0) is 21.5. The van der Waals surface area contributed by atoms with E-state index in [4.69, 9.17) is 4.42 Å². The molecule has 0 N–H and O–H groups in total. The summed E-state index contributed by atoms with van der Waals surface area (Å²) in [7, 11) is 1.87. The summed E-state index contributed by atoms with van der Waals surface area (Å²) in [5.41, 5.74) is 0.747. The normalized spacial score (nSPS) is 14.7. The van der Waals surface area contributed by atoms with Gasteiger partial charge in [0.25, 0.3) is 0 Å². The van der Waals surface area contributed by atoms with Gasteiger partial charge in [-0.2, -0.15) is 0 Å². The number of carbonyl (C=O) groups excluding carboxylic acids is 2. The number of rotatable bonds is 8. The van der Waals surface area contributed by atoms with E-state index in [9.17, 15) is 14.0 Å². The fourth-order valence-electron chi connectivity index (χ4n) is 3.74. The summed E-state index contributed by atoms with van der Waals surface area (Å²) in [5, 5.41) is 0. The average Bonchev–Trinajstić information content (AvgIpc) is 3.25. The number of aromatic nitrogens is 1. The Bertz CT molecular complexity index is 842. The zero-order valence-corrected chi connectivity index (χ0v) is 17.8. The van der Waals surface area contributed by atoms with Gasteiger partial charge in [0.15, 0.2) is 11.7 Å². The smallest absolute Gasteiger partial charge is 0.225 e. The van der Waals surface area contributed by atoms with Gasteiger partial charge in [0, 0.05) is 51.0 Å². The number of likely N-dealkylation sites (tertiary alicyclic amines) is 1. The van der Waals surface area contributed by atoms with Gasteiger partial charge < -0.3 is 14.2 Å². The summed E-state index contributed by atoms with van der Waals surface area (Å²) in [6.45, 7) is 4.14. The largest absolute Gasteiger partial charge is 0.441 e. The summed E-state index contributed by atoms with van der Waals surface area (Å²) >= 11 is 0. The van der Waals surface area contributed by atoms with Crippen molar-refractivity contribution in [1.82, 2.24) is 14.8 Å². The van der Waals surface area contributed by atoms with Crippen LogP contribution in [0.2, 0.25) is 0 Å². The van der Waals surface area contributed by atoms with Crippen LogP contribution in [0, 0.1) is 11.7 Å². The van der Waals surface area contributed by atoms with Gasteiger partial charge in [-0.25, -0.2) is 9.37 Å². The first kappa shape index (κ1) is 22.0. The first-order valence-electron chi connectivity index (χ1n) is 10.7. The number of carbonyl (C=O) groups is 2. The first-order valence-corrected chi connectivity index (χ1v) is 10.7. The average molecular weight is 416 g/mol. The third-order valence-electron chi connectivity index (χ3n) is 5.66. The number of hydrogen-bond acceptors (Lipinski definition) is 4. The molecular formula is C23H30FN3O3. The van der Waals surface area contributed by atoms with Crippen molar-refractivity contribution in [1.29, 1.82) is 0 Å². The molecule has 3 rings (SSSR count). The highest BCUT2D eigenvalue weighted by Crippen LogP contribution is 2.23. The monoisotopic (exact) mass is 415 g/mol. The minimum atomic E-state index is -0.304. The topological polar surface area (TPSA) is 66.7 Å². The van der Waals surface area contributed by atoms with Crippen LogP contribution in [0.15, 0.2) is 34.9 Å². The molecule has 2 heterocycles. The lowest BCUT2D eigenvalue weighted by Crippen LogP contribution is -2.43. The van der Waals surface area contributed by atoms with Gasteiger partial charge in [-0.05, 0) is 43.5 Å². The lowest BCUT2D eigenvalue weighted by Gasteiger charge is -2.33. The van der Waals surface area contributed by atoms with Crippen LogP contribution < -0.4 is 0 Å². The second kappa shape index (κ2) is 10.4. The van der Waals surface area contributed by atoms with Crippen molar-refractivity contribution in [3.05, 3.63) is 42.2 Å². The third kappa shape index (κ3) is 5.68. The summed E-state index contributed by atoms with van der Waals surface area (Å²) in [6, 6.07) is 6.01. The number of piperidine rings is 1. The Morgan fingerprint density at radius 1 is 1.23 bits per heavy atom. The van der Waals surface area contributed by atoms with E-state index >= 15 is 0 Å². The van der Waals surface area contributed by atoms with Crippen LogP contribution in [0.3, 0.4) is 0 Å². The van der Waals surface area contributed by atoms with Crippen LogP contribution >= 0.6 is 0 Å². The quantitative estimate of drug-likeness (QED) is 0.656. The maximum Gasteiger partial charge on any atom is 0.225 e. The number of hydrogen-bond donors (Lipinski definition) is 0. The van der Waals surface area contributed by atoms with Crippen molar-refractivity contribution < 1.29 is 18.4 Å². The van der Waals surface area contributed by atoms with E-state index in [2.05, 4.69) is 11.9 Å². The predicted octanol–water partition coefficient (Wildman–Crippen LogP) is 3.91. The Kier molecular flexibility index (Phi) is 7.60. The van der Waals surface area contributed by atoms with Crippen molar-refractivity contribution in [2.24, 2.45) is 5.92 Å². The molecule has 1 aliphatic rings. The molecule has 30 heavy (non-hydrogen) atoms. The summed E-state index contributed by atoms with van der Waals surface area (Å²) in [5.74, 6) is 1.02. The first-order chi connectivity index (χ1) is 14.5. The van der Waals surface area contributed by atoms with Gasteiger partial charge in [-0.1, -0.05) is 13.3 Å². The fraction of sp³-hybridized carbons (Fsp3) is 0.522. The van der Waals surface area contributed by atoms with Crippen molar-refractivity contribution >= 4 is 11.8 Å². The molecule has 1 aliphatic heterocycles. The van der Waals surface area contributed by atoms with E-state index in [1.807, 2.05) is 16.8 Å². The molecule has 1 aromatic heterocycles. The molecule has 7 heteroatoms. The van der Waals surface area contributed by atoms with Crippen molar-refractivity contribution in [3.63, 3.8) is 0 Å². The second-order valence-electron chi connectivity index (χ2n) is 7.89. The second-order valence-corrected chi connectivity index (χ2v) is 7.89. The highest BCUT2D eigenvalue weighted by Gasteiger charge is 2.28. The molecule has 0 radical (unpaired) electrons. The molecule has 2 aromatic rings. The van der Waals surface area contributed by atoms with Crippen LogP contribution in [0.25, 0.3) is 11.3 Å².